The molecule has 1 aromatic heterocycles. The number of carbonyl (C=O) groups excluding carboxylic acids is 1. The van der Waals surface area contributed by atoms with Gasteiger partial charge in [0.05, 0.1) is 29.8 Å². The minimum atomic E-state index is -0.393. The van der Waals surface area contributed by atoms with Gasteiger partial charge in [0, 0.05) is 0 Å². The number of rotatable bonds is 4. The third-order valence-corrected chi connectivity index (χ3v) is 3.23. The second-order valence-corrected chi connectivity index (χ2v) is 4.54. The van der Waals surface area contributed by atoms with Crippen LogP contribution in [0.25, 0.3) is 10.9 Å². The van der Waals surface area contributed by atoms with E-state index in [-0.39, 0.29) is 6.61 Å². The molecule has 0 saturated carbocycles. The summed E-state index contributed by atoms with van der Waals surface area (Å²) in [5.41, 5.74) is 2.01. The molecule has 1 heterocycles. The Kier molecular flexibility index (Phi) is 3.55. The van der Waals surface area contributed by atoms with Gasteiger partial charge in [0.2, 0.25) is 0 Å². The topological polar surface area (TPSA) is 64.2 Å². The molecule has 0 bridgehead atoms. The van der Waals surface area contributed by atoms with Crippen molar-refractivity contribution in [3.63, 3.8) is 0 Å². The fourth-order valence-corrected chi connectivity index (χ4v) is 2.16. The highest BCUT2D eigenvalue weighted by molar-refractivity contribution is 6.04. The average molecular weight is 282 g/mol. The number of aromatic amines is 1. The Hall–Kier alpha value is -2.82. The van der Waals surface area contributed by atoms with E-state index in [2.05, 4.69) is 10.2 Å². The predicted molar refractivity (Wildman–Crippen MR) is 78.2 cm³/mol. The molecule has 21 heavy (non-hydrogen) atoms. The molecule has 3 aromatic rings. The number of hydrogen-bond acceptors (Lipinski definition) is 4. The molecule has 5 nitrogen and oxygen atoms in total. The van der Waals surface area contributed by atoms with Crippen molar-refractivity contribution in [2.45, 2.75) is 6.61 Å². The Labute approximate surface area is 121 Å². The van der Waals surface area contributed by atoms with Crippen molar-refractivity contribution >= 4 is 16.9 Å². The lowest BCUT2D eigenvalue weighted by atomic mass is 10.1. The fraction of sp³-hybridized carbons (Fsp3) is 0.125. The number of nitrogens with one attached hydrogen (secondary N) is 1. The third-order valence-electron chi connectivity index (χ3n) is 3.23. The number of fused-ring (bicyclic) bond motifs is 1. The minimum absolute atomic E-state index is 0.237. The molecule has 0 aliphatic rings. The number of H-pyrrole nitrogens is 1. The van der Waals surface area contributed by atoms with Gasteiger partial charge in [0.15, 0.2) is 0 Å². The first kappa shape index (κ1) is 13.2. The van der Waals surface area contributed by atoms with Crippen LogP contribution in [0.1, 0.15) is 15.9 Å². The van der Waals surface area contributed by atoms with Crippen LogP contribution in [-0.2, 0) is 11.3 Å². The smallest absolute Gasteiger partial charge is 0.340 e. The zero-order valence-electron chi connectivity index (χ0n) is 11.5. The van der Waals surface area contributed by atoms with E-state index in [4.69, 9.17) is 9.47 Å². The van der Waals surface area contributed by atoms with E-state index < -0.39 is 5.97 Å². The van der Waals surface area contributed by atoms with Crippen LogP contribution in [0.2, 0.25) is 0 Å². The Morgan fingerprint density at radius 2 is 2.00 bits per heavy atom. The average Bonchev–Trinajstić information content (AvgIpc) is 3.02. The van der Waals surface area contributed by atoms with Crippen LogP contribution in [0.3, 0.4) is 0 Å². The van der Waals surface area contributed by atoms with Gasteiger partial charge in [-0.15, -0.1) is 0 Å². The molecule has 0 saturated heterocycles. The molecule has 2 aromatic carbocycles. The monoisotopic (exact) mass is 282 g/mol. The fourth-order valence-electron chi connectivity index (χ4n) is 2.16. The maximum atomic E-state index is 12.2. The maximum absolute atomic E-state index is 12.2. The molecular weight excluding hydrogens is 268 g/mol. The molecule has 1 N–H and O–H groups in total. The van der Waals surface area contributed by atoms with Gasteiger partial charge in [-0.2, -0.15) is 5.10 Å². The number of hydrogen-bond donors (Lipinski definition) is 1. The molecule has 0 atom stereocenters. The third kappa shape index (κ3) is 2.58. The van der Waals surface area contributed by atoms with Crippen LogP contribution in [-0.4, -0.2) is 23.3 Å². The predicted octanol–water partition coefficient (Wildman–Crippen LogP) is 2.93. The summed E-state index contributed by atoms with van der Waals surface area (Å²) in [7, 11) is 1.58. The molecule has 3 rings (SSSR count). The van der Waals surface area contributed by atoms with Gasteiger partial charge in [-0.05, 0) is 17.7 Å². The summed E-state index contributed by atoms with van der Waals surface area (Å²) in [6.45, 7) is 0.237. The Morgan fingerprint density at radius 3 is 2.76 bits per heavy atom. The van der Waals surface area contributed by atoms with Crippen molar-refractivity contribution < 1.29 is 14.3 Å². The molecule has 0 fully saturated rings. The standard InChI is InChI=1S/C16H14N2O3/c1-20-14-8-7-12(15-13(14)9-17-18-15)16(19)21-10-11-5-3-2-4-6-11/h2-9H,10H2,1H3,(H,17,18). The number of ether oxygens (including phenoxy) is 2. The lowest BCUT2D eigenvalue weighted by Crippen LogP contribution is -2.06. The first-order valence-electron chi connectivity index (χ1n) is 6.50. The van der Waals surface area contributed by atoms with E-state index in [0.717, 1.165) is 10.9 Å². The number of aromatic nitrogens is 2. The van der Waals surface area contributed by atoms with Crippen molar-refractivity contribution in [1.82, 2.24) is 10.2 Å². The van der Waals surface area contributed by atoms with Crippen LogP contribution in [0.4, 0.5) is 0 Å². The second kappa shape index (κ2) is 5.66. The Morgan fingerprint density at radius 1 is 1.19 bits per heavy atom. The summed E-state index contributed by atoms with van der Waals surface area (Å²) >= 11 is 0. The largest absolute Gasteiger partial charge is 0.496 e. The molecule has 0 amide bonds. The quantitative estimate of drug-likeness (QED) is 0.747. The van der Waals surface area contributed by atoms with Gasteiger partial charge < -0.3 is 9.47 Å². The summed E-state index contributed by atoms with van der Waals surface area (Å²) in [5, 5.41) is 7.53. The van der Waals surface area contributed by atoms with Gasteiger partial charge in [-0.3, -0.25) is 5.10 Å². The summed E-state index contributed by atoms with van der Waals surface area (Å²) < 4.78 is 10.6. The lowest BCUT2D eigenvalue weighted by Gasteiger charge is -2.07. The van der Waals surface area contributed by atoms with Crippen molar-refractivity contribution in [3.8, 4) is 5.75 Å². The molecule has 0 radical (unpaired) electrons. The van der Waals surface area contributed by atoms with Gasteiger partial charge in [-0.1, -0.05) is 30.3 Å². The highest BCUT2D eigenvalue weighted by atomic mass is 16.5. The van der Waals surface area contributed by atoms with Crippen molar-refractivity contribution in [2.24, 2.45) is 0 Å². The molecule has 0 spiro atoms. The van der Waals surface area contributed by atoms with Gasteiger partial charge in [-0.25, -0.2) is 4.79 Å². The number of benzene rings is 2. The SMILES string of the molecule is COc1ccc(C(=O)OCc2ccccc2)c2[nH]ncc12. The Bertz CT molecular complexity index is 766. The molecule has 106 valence electrons. The summed E-state index contributed by atoms with van der Waals surface area (Å²) in [5.74, 6) is 0.272. The summed E-state index contributed by atoms with van der Waals surface area (Å²) in [6, 6.07) is 13.0. The molecule has 0 unspecified atom stereocenters. The van der Waals surface area contributed by atoms with E-state index in [0.29, 0.717) is 16.8 Å². The Balaban J connectivity index is 1.83. The zero-order valence-corrected chi connectivity index (χ0v) is 11.5. The van der Waals surface area contributed by atoms with Crippen LogP contribution in [0.5, 0.6) is 5.75 Å². The molecule has 0 aliphatic heterocycles. The first-order chi connectivity index (χ1) is 10.3. The summed E-state index contributed by atoms with van der Waals surface area (Å²) in [6.07, 6.45) is 1.63. The number of methoxy groups -OCH3 is 1. The van der Waals surface area contributed by atoms with Crippen LogP contribution in [0.15, 0.2) is 48.7 Å². The first-order valence-corrected chi connectivity index (χ1v) is 6.50. The molecule has 0 aliphatic carbocycles. The molecular formula is C16H14N2O3. The van der Waals surface area contributed by atoms with Gasteiger partial charge in [0.1, 0.15) is 12.4 Å². The van der Waals surface area contributed by atoms with Crippen molar-refractivity contribution in [3.05, 3.63) is 59.8 Å². The number of carbonyl (C=O) groups is 1. The normalized spacial score (nSPS) is 10.5. The zero-order chi connectivity index (χ0) is 14.7. The second-order valence-electron chi connectivity index (χ2n) is 4.54. The van der Waals surface area contributed by atoms with Gasteiger partial charge >= 0.3 is 5.97 Å². The van der Waals surface area contributed by atoms with E-state index in [1.54, 1.807) is 25.4 Å². The van der Waals surface area contributed by atoms with Crippen LogP contribution < -0.4 is 4.74 Å². The highest BCUT2D eigenvalue weighted by Crippen LogP contribution is 2.27. The minimum Gasteiger partial charge on any atom is -0.496 e. The van der Waals surface area contributed by atoms with E-state index in [1.807, 2.05) is 30.3 Å². The van der Waals surface area contributed by atoms with Crippen molar-refractivity contribution in [1.29, 1.82) is 0 Å². The van der Waals surface area contributed by atoms with E-state index in [1.165, 1.54) is 0 Å². The number of esters is 1. The number of nitrogens with zero attached hydrogens (tertiary/aromatic N) is 1. The van der Waals surface area contributed by atoms with E-state index >= 15 is 0 Å². The van der Waals surface area contributed by atoms with Gasteiger partial charge in [0.25, 0.3) is 0 Å². The molecule has 5 heteroatoms. The van der Waals surface area contributed by atoms with E-state index in [9.17, 15) is 4.79 Å². The highest BCUT2D eigenvalue weighted by Gasteiger charge is 2.15. The van der Waals surface area contributed by atoms with Crippen molar-refractivity contribution in [2.75, 3.05) is 7.11 Å². The lowest BCUT2D eigenvalue weighted by molar-refractivity contribution is 0.0475. The van der Waals surface area contributed by atoms with Crippen LogP contribution in [0, 0.1) is 0 Å². The maximum Gasteiger partial charge on any atom is 0.340 e. The summed E-state index contributed by atoms with van der Waals surface area (Å²) in [4.78, 5) is 12.2. The van der Waals surface area contributed by atoms with Crippen LogP contribution >= 0.6 is 0 Å².